The largest absolute Gasteiger partial charge is 0.368 e. The Kier molecular flexibility index (Phi) is 4.71. The number of anilines is 3. The zero-order valence-electron chi connectivity index (χ0n) is 13.7. The lowest BCUT2D eigenvalue weighted by Gasteiger charge is -2.34. The Hall–Kier alpha value is -2.21. The van der Waals surface area contributed by atoms with Gasteiger partial charge >= 0.3 is 0 Å². The van der Waals surface area contributed by atoms with Crippen molar-refractivity contribution in [1.29, 1.82) is 0 Å². The number of para-hydroxylation sites is 1. The van der Waals surface area contributed by atoms with Crippen molar-refractivity contribution in [2.75, 3.05) is 24.1 Å². The zero-order valence-corrected chi connectivity index (χ0v) is 13.7. The van der Waals surface area contributed by atoms with Crippen LogP contribution in [0.3, 0.4) is 0 Å². The molecule has 1 saturated heterocycles. The van der Waals surface area contributed by atoms with Crippen molar-refractivity contribution >= 4 is 17.6 Å². The van der Waals surface area contributed by atoms with Gasteiger partial charge in [0.25, 0.3) is 0 Å². The van der Waals surface area contributed by atoms with Crippen LogP contribution in [0.15, 0.2) is 30.3 Å². The van der Waals surface area contributed by atoms with Gasteiger partial charge in [-0.2, -0.15) is 15.0 Å². The molecular formula is C17H24N6. The summed E-state index contributed by atoms with van der Waals surface area (Å²) in [5.41, 5.74) is 6.82. The van der Waals surface area contributed by atoms with Gasteiger partial charge in [0.2, 0.25) is 11.9 Å². The Labute approximate surface area is 137 Å². The standard InChI is InChI=1S/C17H24N6/c1-12-7-6-10-23(11-12)13(2)15-20-16(18)22-17(21-15)19-14-8-4-3-5-9-14/h3-5,8-9,12-13H,6-7,10-11H2,1-2H3,(H3,18,19,20,21,22)/t12-,13+/m0/s1. The second kappa shape index (κ2) is 6.91. The van der Waals surface area contributed by atoms with Crippen LogP contribution >= 0.6 is 0 Å². The van der Waals surface area contributed by atoms with E-state index in [9.17, 15) is 0 Å². The number of nitrogens with two attached hydrogens (primary N) is 1. The van der Waals surface area contributed by atoms with Gasteiger partial charge in [0.1, 0.15) is 0 Å². The summed E-state index contributed by atoms with van der Waals surface area (Å²) in [7, 11) is 0. The summed E-state index contributed by atoms with van der Waals surface area (Å²) in [4.78, 5) is 15.5. The third-order valence-corrected chi connectivity index (χ3v) is 4.31. The summed E-state index contributed by atoms with van der Waals surface area (Å²) >= 11 is 0. The van der Waals surface area contributed by atoms with Crippen LogP contribution in [0.2, 0.25) is 0 Å². The van der Waals surface area contributed by atoms with Crippen molar-refractivity contribution in [1.82, 2.24) is 19.9 Å². The van der Waals surface area contributed by atoms with E-state index in [0.717, 1.165) is 24.6 Å². The van der Waals surface area contributed by atoms with Crippen LogP contribution in [0, 0.1) is 5.92 Å². The SMILES string of the molecule is C[C@H]1CCCN([C@H](C)c2nc(N)nc(Nc3ccccc3)n2)C1. The van der Waals surface area contributed by atoms with Gasteiger partial charge in [-0.25, -0.2) is 0 Å². The van der Waals surface area contributed by atoms with E-state index in [2.05, 4.69) is 39.0 Å². The number of hydrogen-bond donors (Lipinski definition) is 2. The van der Waals surface area contributed by atoms with Crippen LogP contribution in [0.5, 0.6) is 0 Å². The van der Waals surface area contributed by atoms with Crippen molar-refractivity contribution in [2.24, 2.45) is 5.92 Å². The number of piperidine rings is 1. The van der Waals surface area contributed by atoms with E-state index in [4.69, 9.17) is 5.73 Å². The van der Waals surface area contributed by atoms with Crippen LogP contribution < -0.4 is 11.1 Å². The van der Waals surface area contributed by atoms with E-state index >= 15 is 0 Å². The molecule has 2 heterocycles. The third-order valence-electron chi connectivity index (χ3n) is 4.31. The van der Waals surface area contributed by atoms with Crippen molar-refractivity contribution in [3.05, 3.63) is 36.2 Å². The molecule has 0 spiro atoms. The van der Waals surface area contributed by atoms with Crippen LogP contribution in [0.4, 0.5) is 17.6 Å². The lowest BCUT2D eigenvalue weighted by Crippen LogP contribution is -2.37. The van der Waals surface area contributed by atoms with Gasteiger partial charge in [0, 0.05) is 12.2 Å². The first-order valence-electron chi connectivity index (χ1n) is 8.19. The quantitative estimate of drug-likeness (QED) is 0.903. The number of aromatic nitrogens is 3. The van der Waals surface area contributed by atoms with Crippen LogP contribution in [-0.4, -0.2) is 32.9 Å². The van der Waals surface area contributed by atoms with Crippen molar-refractivity contribution in [2.45, 2.75) is 32.7 Å². The Bertz CT molecular complexity index is 645. The number of likely N-dealkylation sites (tertiary alicyclic amines) is 1. The Morgan fingerprint density at radius 1 is 1.22 bits per heavy atom. The predicted molar refractivity (Wildman–Crippen MR) is 92.4 cm³/mol. The van der Waals surface area contributed by atoms with E-state index in [1.165, 1.54) is 12.8 Å². The summed E-state index contributed by atoms with van der Waals surface area (Å²) in [6.45, 7) is 6.59. The highest BCUT2D eigenvalue weighted by Gasteiger charge is 2.24. The molecule has 6 heteroatoms. The molecule has 0 bridgehead atoms. The molecule has 3 rings (SSSR count). The van der Waals surface area contributed by atoms with Gasteiger partial charge in [-0.05, 0) is 44.4 Å². The van der Waals surface area contributed by atoms with E-state index in [-0.39, 0.29) is 12.0 Å². The van der Waals surface area contributed by atoms with Gasteiger partial charge in [-0.3, -0.25) is 4.90 Å². The van der Waals surface area contributed by atoms with Crippen molar-refractivity contribution in [3.63, 3.8) is 0 Å². The molecular weight excluding hydrogens is 288 g/mol. The fourth-order valence-corrected chi connectivity index (χ4v) is 3.04. The molecule has 6 nitrogen and oxygen atoms in total. The minimum atomic E-state index is 0.138. The molecule has 1 aromatic heterocycles. The highest BCUT2D eigenvalue weighted by atomic mass is 15.2. The van der Waals surface area contributed by atoms with Crippen LogP contribution in [-0.2, 0) is 0 Å². The maximum atomic E-state index is 5.89. The zero-order chi connectivity index (χ0) is 16.2. The van der Waals surface area contributed by atoms with E-state index in [1.54, 1.807) is 0 Å². The predicted octanol–water partition coefficient (Wildman–Crippen LogP) is 2.99. The molecule has 1 aliphatic heterocycles. The van der Waals surface area contributed by atoms with Gasteiger partial charge in [0.05, 0.1) is 6.04 Å². The second-order valence-electron chi connectivity index (χ2n) is 6.28. The van der Waals surface area contributed by atoms with E-state index in [0.29, 0.717) is 11.9 Å². The number of nitrogen functional groups attached to an aromatic ring is 1. The fourth-order valence-electron chi connectivity index (χ4n) is 3.04. The number of hydrogen-bond acceptors (Lipinski definition) is 6. The molecule has 0 radical (unpaired) electrons. The number of nitrogens with zero attached hydrogens (tertiary/aromatic N) is 4. The van der Waals surface area contributed by atoms with Gasteiger partial charge in [-0.15, -0.1) is 0 Å². The maximum Gasteiger partial charge on any atom is 0.232 e. The van der Waals surface area contributed by atoms with E-state index in [1.807, 2.05) is 30.3 Å². The van der Waals surface area contributed by atoms with Crippen LogP contribution in [0.1, 0.15) is 38.6 Å². The first-order chi connectivity index (χ1) is 11.1. The summed E-state index contributed by atoms with van der Waals surface area (Å²) in [6.07, 6.45) is 2.52. The molecule has 0 aliphatic carbocycles. The Morgan fingerprint density at radius 3 is 2.74 bits per heavy atom. The van der Waals surface area contributed by atoms with Crippen LogP contribution in [0.25, 0.3) is 0 Å². The average Bonchev–Trinajstić information content (AvgIpc) is 2.54. The molecule has 0 saturated carbocycles. The second-order valence-corrected chi connectivity index (χ2v) is 6.28. The van der Waals surface area contributed by atoms with Gasteiger partial charge < -0.3 is 11.1 Å². The minimum absolute atomic E-state index is 0.138. The summed E-state index contributed by atoms with van der Waals surface area (Å²) < 4.78 is 0. The Morgan fingerprint density at radius 2 is 2.00 bits per heavy atom. The monoisotopic (exact) mass is 312 g/mol. The molecule has 0 unspecified atom stereocenters. The Balaban J connectivity index is 1.79. The lowest BCUT2D eigenvalue weighted by molar-refractivity contribution is 0.134. The molecule has 1 fully saturated rings. The lowest BCUT2D eigenvalue weighted by atomic mass is 9.99. The highest BCUT2D eigenvalue weighted by molar-refractivity contribution is 5.53. The normalized spacial score (nSPS) is 20.2. The number of rotatable bonds is 4. The molecule has 3 N–H and O–H groups in total. The third kappa shape index (κ3) is 3.96. The summed E-state index contributed by atoms with van der Waals surface area (Å²) in [5, 5.41) is 3.19. The smallest absolute Gasteiger partial charge is 0.232 e. The number of nitrogens with one attached hydrogen (secondary N) is 1. The van der Waals surface area contributed by atoms with E-state index < -0.39 is 0 Å². The molecule has 2 aromatic rings. The first kappa shape index (κ1) is 15.7. The molecule has 0 amide bonds. The van der Waals surface area contributed by atoms with Gasteiger partial charge in [0.15, 0.2) is 5.82 Å². The topological polar surface area (TPSA) is 80.0 Å². The molecule has 1 aromatic carbocycles. The number of benzene rings is 1. The molecule has 2 atom stereocenters. The van der Waals surface area contributed by atoms with Crippen molar-refractivity contribution < 1.29 is 0 Å². The fraction of sp³-hybridized carbons (Fsp3) is 0.471. The molecule has 122 valence electrons. The first-order valence-corrected chi connectivity index (χ1v) is 8.19. The summed E-state index contributed by atoms with van der Waals surface area (Å²) in [5.74, 6) is 2.19. The summed E-state index contributed by atoms with van der Waals surface area (Å²) in [6, 6.07) is 9.97. The maximum absolute atomic E-state index is 5.89. The van der Waals surface area contributed by atoms with Crippen molar-refractivity contribution in [3.8, 4) is 0 Å². The average molecular weight is 312 g/mol. The molecule has 1 aliphatic rings. The minimum Gasteiger partial charge on any atom is -0.368 e. The highest BCUT2D eigenvalue weighted by Crippen LogP contribution is 2.25. The van der Waals surface area contributed by atoms with Gasteiger partial charge in [-0.1, -0.05) is 25.1 Å². The molecule has 23 heavy (non-hydrogen) atoms.